The van der Waals surface area contributed by atoms with Crippen molar-refractivity contribution in [3.05, 3.63) is 0 Å². The van der Waals surface area contributed by atoms with E-state index in [0.717, 1.165) is 0 Å². The average molecular weight is 209 g/mol. The summed E-state index contributed by atoms with van der Waals surface area (Å²) in [4.78, 5) is 30.4. The lowest BCUT2D eigenvalue weighted by Crippen LogP contribution is -2.58. The Morgan fingerprint density at radius 2 is 2.00 bits per heavy atom. The number of nitrogens with one attached hydrogen (secondary N) is 1. The number of amides is 3. The van der Waals surface area contributed by atoms with Crippen molar-refractivity contribution >= 4 is 23.5 Å². The second-order valence-electron chi connectivity index (χ2n) is 3.40. The van der Waals surface area contributed by atoms with E-state index in [1.807, 2.05) is 14.0 Å². The topological polar surface area (TPSA) is 77.4 Å². The summed E-state index contributed by atoms with van der Waals surface area (Å²) in [5, 5.41) is 5.52. The van der Waals surface area contributed by atoms with Crippen molar-refractivity contribution < 1.29 is 9.59 Å². The van der Waals surface area contributed by atoms with Crippen LogP contribution in [0.4, 0.5) is 4.79 Å². The Hall–Kier alpha value is -1.76. The predicted molar refractivity (Wildman–Crippen MR) is 53.4 cm³/mol. The minimum Gasteiger partial charge on any atom is -0.289 e. The fourth-order valence-electron chi connectivity index (χ4n) is 1.45. The number of hydrazine groups is 1. The van der Waals surface area contributed by atoms with Crippen molar-refractivity contribution in [2.75, 3.05) is 14.1 Å². The van der Waals surface area contributed by atoms with Gasteiger partial charge in [0.1, 0.15) is 6.17 Å². The Kier molecular flexibility index (Phi) is 2.04. The van der Waals surface area contributed by atoms with E-state index in [1.54, 1.807) is 17.1 Å². The fraction of sp³-hybridized carbons (Fsp3) is 0.500. The summed E-state index contributed by atoms with van der Waals surface area (Å²) in [6, 6.07) is -0.649. The standard InChI is InChI=1S/C8H11N5O2/c1-4-9-5-6(13(3)12(4)2)10-8(15)11-7(5)14/h4H,1-3H3,(H,11,14,15). The largest absolute Gasteiger partial charge is 0.349 e. The van der Waals surface area contributed by atoms with Crippen LogP contribution in [0.15, 0.2) is 9.98 Å². The van der Waals surface area contributed by atoms with Gasteiger partial charge in [0.05, 0.1) is 0 Å². The molecule has 0 saturated carbocycles. The quantitative estimate of drug-likeness (QED) is 0.567. The molecule has 0 aromatic rings. The molecular weight excluding hydrogens is 198 g/mol. The van der Waals surface area contributed by atoms with Crippen LogP contribution in [-0.2, 0) is 4.79 Å². The summed E-state index contributed by atoms with van der Waals surface area (Å²) in [6.07, 6.45) is -0.150. The number of urea groups is 1. The summed E-state index contributed by atoms with van der Waals surface area (Å²) < 4.78 is 0. The number of imide groups is 1. The molecule has 1 N–H and O–H groups in total. The zero-order valence-electron chi connectivity index (χ0n) is 8.68. The highest BCUT2D eigenvalue weighted by Gasteiger charge is 2.35. The first-order valence-corrected chi connectivity index (χ1v) is 4.49. The number of hydrogen-bond donors (Lipinski definition) is 1. The summed E-state index contributed by atoms with van der Waals surface area (Å²) in [7, 11) is 3.54. The van der Waals surface area contributed by atoms with Crippen LogP contribution in [-0.4, -0.2) is 53.8 Å². The molecule has 0 bridgehead atoms. The molecule has 2 heterocycles. The maximum Gasteiger partial charge on any atom is 0.349 e. The van der Waals surface area contributed by atoms with Crippen LogP contribution in [0.25, 0.3) is 0 Å². The van der Waals surface area contributed by atoms with E-state index in [9.17, 15) is 9.59 Å². The number of fused-ring (bicyclic) bond motifs is 1. The monoisotopic (exact) mass is 209 g/mol. The molecule has 2 aliphatic heterocycles. The molecule has 3 amide bonds. The lowest BCUT2D eigenvalue weighted by atomic mass is 10.2. The van der Waals surface area contributed by atoms with Crippen LogP contribution >= 0.6 is 0 Å². The first-order chi connectivity index (χ1) is 7.00. The molecule has 1 unspecified atom stereocenters. The second kappa shape index (κ2) is 3.13. The van der Waals surface area contributed by atoms with Gasteiger partial charge in [-0.25, -0.2) is 4.79 Å². The van der Waals surface area contributed by atoms with Gasteiger partial charge in [-0.2, -0.15) is 10.0 Å². The summed E-state index contributed by atoms with van der Waals surface area (Å²) in [6.45, 7) is 1.85. The smallest absolute Gasteiger partial charge is 0.289 e. The third-order valence-electron chi connectivity index (χ3n) is 2.49. The molecule has 2 aliphatic rings. The highest BCUT2D eigenvalue weighted by molar-refractivity contribution is 6.69. The van der Waals surface area contributed by atoms with Crippen molar-refractivity contribution in [3.8, 4) is 0 Å². The molecule has 7 nitrogen and oxygen atoms in total. The number of rotatable bonds is 0. The normalized spacial score (nSPS) is 26.9. The molecule has 1 atom stereocenters. The number of carbonyl (C=O) groups is 2. The Morgan fingerprint density at radius 3 is 2.67 bits per heavy atom. The third-order valence-corrected chi connectivity index (χ3v) is 2.49. The maximum absolute atomic E-state index is 11.4. The minimum atomic E-state index is -0.649. The molecular formula is C8H11N5O2. The lowest BCUT2D eigenvalue weighted by Gasteiger charge is -2.38. The van der Waals surface area contributed by atoms with Crippen LogP contribution < -0.4 is 5.32 Å². The number of aliphatic imine (C=N–C) groups is 2. The Labute approximate surface area is 86.4 Å². The fourth-order valence-corrected chi connectivity index (χ4v) is 1.45. The van der Waals surface area contributed by atoms with Gasteiger partial charge in [-0.05, 0) is 6.92 Å². The van der Waals surface area contributed by atoms with Crippen LogP contribution in [0, 0.1) is 0 Å². The highest BCUT2D eigenvalue weighted by atomic mass is 16.2. The van der Waals surface area contributed by atoms with Gasteiger partial charge < -0.3 is 0 Å². The van der Waals surface area contributed by atoms with Crippen molar-refractivity contribution in [2.24, 2.45) is 9.98 Å². The molecule has 0 spiro atoms. The van der Waals surface area contributed by atoms with Gasteiger partial charge in [0.2, 0.25) is 0 Å². The first kappa shape index (κ1) is 9.78. The molecule has 0 aromatic carbocycles. The number of carbonyl (C=O) groups excluding carboxylic acids is 2. The Morgan fingerprint density at radius 1 is 1.33 bits per heavy atom. The van der Waals surface area contributed by atoms with E-state index < -0.39 is 11.9 Å². The van der Waals surface area contributed by atoms with E-state index in [4.69, 9.17) is 0 Å². The summed E-state index contributed by atoms with van der Waals surface area (Å²) in [5.41, 5.74) is 0.211. The van der Waals surface area contributed by atoms with E-state index in [2.05, 4.69) is 15.3 Å². The van der Waals surface area contributed by atoms with Crippen LogP contribution in [0.3, 0.4) is 0 Å². The molecule has 0 saturated heterocycles. The minimum absolute atomic E-state index is 0.150. The molecule has 0 radical (unpaired) electrons. The van der Waals surface area contributed by atoms with E-state index in [1.165, 1.54) is 0 Å². The molecule has 80 valence electrons. The van der Waals surface area contributed by atoms with Gasteiger partial charge in [-0.15, -0.1) is 0 Å². The number of hydrogen-bond acceptors (Lipinski definition) is 5. The van der Waals surface area contributed by atoms with Gasteiger partial charge in [0.25, 0.3) is 5.91 Å². The zero-order valence-corrected chi connectivity index (χ0v) is 8.68. The Bertz CT molecular complexity index is 400. The van der Waals surface area contributed by atoms with Crippen molar-refractivity contribution in [1.82, 2.24) is 15.3 Å². The van der Waals surface area contributed by atoms with Gasteiger partial charge >= 0.3 is 6.03 Å². The van der Waals surface area contributed by atoms with E-state index in [0.29, 0.717) is 5.84 Å². The Balaban J connectivity index is 2.51. The molecule has 7 heteroatoms. The number of amidine groups is 1. The predicted octanol–water partition coefficient (Wildman–Crippen LogP) is -0.786. The van der Waals surface area contributed by atoms with Crippen molar-refractivity contribution in [2.45, 2.75) is 13.1 Å². The summed E-state index contributed by atoms with van der Waals surface area (Å²) in [5.74, 6) is -0.193. The van der Waals surface area contributed by atoms with E-state index >= 15 is 0 Å². The molecule has 0 aliphatic carbocycles. The highest BCUT2D eigenvalue weighted by Crippen LogP contribution is 2.12. The van der Waals surface area contributed by atoms with Crippen LogP contribution in [0.2, 0.25) is 0 Å². The van der Waals surface area contributed by atoms with Crippen LogP contribution in [0.5, 0.6) is 0 Å². The zero-order chi connectivity index (χ0) is 11.2. The average Bonchev–Trinajstić information content (AvgIpc) is 2.17. The molecule has 0 aromatic heterocycles. The van der Waals surface area contributed by atoms with Gasteiger partial charge in [0.15, 0.2) is 11.5 Å². The number of nitrogens with zero attached hydrogens (tertiary/aromatic N) is 4. The summed E-state index contributed by atoms with van der Waals surface area (Å²) >= 11 is 0. The van der Waals surface area contributed by atoms with Gasteiger partial charge in [-0.1, -0.05) is 0 Å². The lowest BCUT2D eigenvalue weighted by molar-refractivity contribution is -0.114. The maximum atomic E-state index is 11.4. The van der Waals surface area contributed by atoms with Crippen LogP contribution in [0.1, 0.15) is 6.92 Å². The SMILES string of the molecule is CC1N=C2C(=O)NC(=O)N=C2N(C)N1C. The van der Waals surface area contributed by atoms with E-state index in [-0.39, 0.29) is 11.9 Å². The van der Waals surface area contributed by atoms with Gasteiger partial charge in [0, 0.05) is 14.1 Å². The van der Waals surface area contributed by atoms with Crippen molar-refractivity contribution in [3.63, 3.8) is 0 Å². The third kappa shape index (κ3) is 1.40. The molecule has 0 fully saturated rings. The van der Waals surface area contributed by atoms with Crippen molar-refractivity contribution in [1.29, 1.82) is 0 Å². The molecule has 15 heavy (non-hydrogen) atoms. The molecule has 2 rings (SSSR count). The van der Waals surface area contributed by atoms with Gasteiger partial charge in [-0.3, -0.25) is 20.1 Å². The first-order valence-electron chi connectivity index (χ1n) is 4.49. The second-order valence-corrected chi connectivity index (χ2v) is 3.40.